The van der Waals surface area contributed by atoms with E-state index in [2.05, 4.69) is 60.9 Å². The van der Waals surface area contributed by atoms with E-state index in [0.717, 1.165) is 19.6 Å². The largest absolute Gasteiger partial charge is 0.377 e. The molecule has 1 heterocycles. The van der Waals surface area contributed by atoms with Crippen LogP contribution >= 0.6 is 0 Å². The van der Waals surface area contributed by atoms with Gasteiger partial charge in [-0.15, -0.1) is 0 Å². The van der Waals surface area contributed by atoms with Gasteiger partial charge in [0.2, 0.25) is 0 Å². The van der Waals surface area contributed by atoms with Gasteiger partial charge in [-0.3, -0.25) is 0 Å². The highest BCUT2D eigenvalue weighted by Crippen LogP contribution is 2.29. The number of para-hydroxylation sites is 1. The average Bonchev–Trinajstić information content (AvgIpc) is 2.88. The Kier molecular flexibility index (Phi) is 4.79. The Bertz CT molecular complexity index is 757. The number of rotatable bonds is 7. The Labute approximate surface area is 132 Å². The van der Waals surface area contributed by atoms with Crippen LogP contribution in [0.2, 0.25) is 0 Å². The van der Waals surface area contributed by atoms with E-state index in [1.165, 1.54) is 40.2 Å². The lowest BCUT2D eigenvalue weighted by Crippen LogP contribution is -1.96. The molecule has 0 aliphatic heterocycles. The molecule has 0 N–H and O–H groups in total. The van der Waals surface area contributed by atoms with Crippen molar-refractivity contribution in [3.8, 4) is 0 Å². The van der Waals surface area contributed by atoms with Crippen LogP contribution in [0.5, 0.6) is 0 Å². The van der Waals surface area contributed by atoms with Crippen molar-refractivity contribution in [3.05, 3.63) is 48.0 Å². The number of hydrogen-bond donors (Lipinski definition) is 0. The minimum absolute atomic E-state index is 0.714. The number of nitrogens with zero attached hydrogens (tertiary/aromatic N) is 1. The lowest BCUT2D eigenvalue weighted by molar-refractivity contribution is 0.117. The first-order valence-electron chi connectivity index (χ1n) is 8.42. The molecule has 0 fully saturated rings. The van der Waals surface area contributed by atoms with E-state index in [0.29, 0.717) is 6.61 Å². The zero-order chi connectivity index (χ0) is 15.4. The van der Waals surface area contributed by atoms with Crippen LogP contribution in [0, 0.1) is 0 Å². The third kappa shape index (κ3) is 2.89. The van der Waals surface area contributed by atoms with Crippen LogP contribution < -0.4 is 0 Å². The molecule has 0 unspecified atom stereocenters. The van der Waals surface area contributed by atoms with E-state index >= 15 is 0 Å². The summed E-state index contributed by atoms with van der Waals surface area (Å²) in [6.07, 6.45) is 3.66. The van der Waals surface area contributed by atoms with Gasteiger partial charge in [0.1, 0.15) is 0 Å². The molecular weight excluding hydrogens is 270 g/mol. The molecule has 22 heavy (non-hydrogen) atoms. The van der Waals surface area contributed by atoms with Gasteiger partial charge in [-0.25, -0.2) is 0 Å². The van der Waals surface area contributed by atoms with Crippen LogP contribution in [0.25, 0.3) is 21.8 Å². The fourth-order valence-electron chi connectivity index (χ4n) is 3.18. The highest BCUT2D eigenvalue weighted by molar-refractivity contribution is 6.08. The summed E-state index contributed by atoms with van der Waals surface area (Å²) in [7, 11) is 0. The van der Waals surface area contributed by atoms with E-state index < -0.39 is 0 Å². The minimum Gasteiger partial charge on any atom is -0.377 e. The maximum Gasteiger partial charge on any atom is 0.0717 e. The molecule has 0 saturated carbocycles. The van der Waals surface area contributed by atoms with Gasteiger partial charge in [0.25, 0.3) is 0 Å². The zero-order valence-electron chi connectivity index (χ0n) is 13.6. The number of hydrogen-bond acceptors (Lipinski definition) is 1. The van der Waals surface area contributed by atoms with Crippen molar-refractivity contribution in [2.45, 2.75) is 46.3 Å². The zero-order valence-corrected chi connectivity index (χ0v) is 13.6. The van der Waals surface area contributed by atoms with Gasteiger partial charge in [0.15, 0.2) is 0 Å². The molecule has 3 aromatic rings. The van der Waals surface area contributed by atoms with Crippen LogP contribution in [0.4, 0.5) is 0 Å². The summed E-state index contributed by atoms with van der Waals surface area (Å²) in [5, 5.41) is 2.68. The normalized spacial score (nSPS) is 11.5. The second kappa shape index (κ2) is 6.97. The summed E-state index contributed by atoms with van der Waals surface area (Å²) in [6, 6.07) is 15.4. The van der Waals surface area contributed by atoms with Crippen molar-refractivity contribution in [3.63, 3.8) is 0 Å². The Morgan fingerprint density at radius 3 is 2.55 bits per heavy atom. The monoisotopic (exact) mass is 295 g/mol. The summed E-state index contributed by atoms with van der Waals surface area (Å²) in [5.41, 5.74) is 3.91. The summed E-state index contributed by atoms with van der Waals surface area (Å²) >= 11 is 0. The predicted molar refractivity (Wildman–Crippen MR) is 94.3 cm³/mol. The summed E-state index contributed by atoms with van der Waals surface area (Å²) in [6.45, 7) is 7.00. The van der Waals surface area contributed by atoms with E-state index in [1.807, 2.05) is 0 Å². The highest BCUT2D eigenvalue weighted by Gasteiger charge is 2.09. The smallest absolute Gasteiger partial charge is 0.0717 e. The molecule has 0 amide bonds. The van der Waals surface area contributed by atoms with Crippen LogP contribution in [-0.2, 0) is 17.9 Å². The fourth-order valence-corrected chi connectivity index (χ4v) is 3.18. The first-order valence-corrected chi connectivity index (χ1v) is 8.42. The molecule has 0 bridgehead atoms. The molecule has 1 aromatic heterocycles. The van der Waals surface area contributed by atoms with E-state index in [4.69, 9.17) is 4.74 Å². The molecule has 0 radical (unpaired) electrons. The Balaban J connectivity index is 1.88. The van der Waals surface area contributed by atoms with Gasteiger partial charge in [-0.1, -0.05) is 44.0 Å². The van der Waals surface area contributed by atoms with Crippen molar-refractivity contribution in [1.29, 1.82) is 0 Å². The SMILES string of the molecule is CCCCCOCc1ccc2c(c1)c1ccccc1n2CC. The molecule has 2 heteroatoms. The summed E-state index contributed by atoms with van der Waals surface area (Å²) in [5.74, 6) is 0. The lowest BCUT2D eigenvalue weighted by Gasteiger charge is -2.06. The Morgan fingerprint density at radius 1 is 0.909 bits per heavy atom. The number of benzene rings is 2. The average molecular weight is 295 g/mol. The highest BCUT2D eigenvalue weighted by atomic mass is 16.5. The van der Waals surface area contributed by atoms with Crippen molar-refractivity contribution in [1.82, 2.24) is 4.57 Å². The maximum atomic E-state index is 5.81. The molecule has 0 aliphatic carbocycles. The molecule has 0 saturated heterocycles. The summed E-state index contributed by atoms with van der Waals surface area (Å²) < 4.78 is 8.19. The maximum absolute atomic E-state index is 5.81. The van der Waals surface area contributed by atoms with E-state index in [-0.39, 0.29) is 0 Å². The van der Waals surface area contributed by atoms with Crippen LogP contribution in [0.3, 0.4) is 0 Å². The first-order chi connectivity index (χ1) is 10.8. The first kappa shape index (κ1) is 15.1. The lowest BCUT2D eigenvalue weighted by atomic mass is 10.1. The van der Waals surface area contributed by atoms with Crippen molar-refractivity contribution >= 4 is 21.8 Å². The standard InChI is InChI=1S/C20H25NO/c1-3-5-8-13-22-15-16-11-12-20-18(14-16)17-9-6-7-10-19(17)21(20)4-2/h6-7,9-12,14H,3-5,8,13,15H2,1-2H3. The third-order valence-corrected chi connectivity index (χ3v) is 4.31. The fraction of sp³-hybridized carbons (Fsp3) is 0.400. The number of ether oxygens (including phenoxy) is 1. The van der Waals surface area contributed by atoms with Gasteiger partial charge < -0.3 is 9.30 Å². The number of aryl methyl sites for hydroxylation is 1. The molecule has 116 valence electrons. The quantitative estimate of drug-likeness (QED) is 0.523. The molecule has 0 atom stereocenters. The third-order valence-electron chi connectivity index (χ3n) is 4.31. The van der Waals surface area contributed by atoms with E-state index in [9.17, 15) is 0 Å². The number of unbranched alkanes of at least 4 members (excludes halogenated alkanes) is 2. The summed E-state index contributed by atoms with van der Waals surface area (Å²) in [4.78, 5) is 0. The van der Waals surface area contributed by atoms with Crippen molar-refractivity contribution < 1.29 is 4.74 Å². The van der Waals surface area contributed by atoms with Gasteiger partial charge in [-0.05, 0) is 37.1 Å². The molecule has 0 spiro atoms. The molecule has 3 rings (SSSR count). The van der Waals surface area contributed by atoms with Crippen LogP contribution in [0.1, 0.15) is 38.7 Å². The Morgan fingerprint density at radius 2 is 1.73 bits per heavy atom. The van der Waals surface area contributed by atoms with Crippen molar-refractivity contribution in [2.24, 2.45) is 0 Å². The van der Waals surface area contributed by atoms with Gasteiger partial charge >= 0.3 is 0 Å². The predicted octanol–water partition coefficient (Wildman–Crippen LogP) is 5.52. The van der Waals surface area contributed by atoms with Gasteiger partial charge in [0, 0.05) is 35.0 Å². The second-order valence-corrected chi connectivity index (χ2v) is 5.87. The van der Waals surface area contributed by atoms with Gasteiger partial charge in [0.05, 0.1) is 6.61 Å². The molecular formula is C20H25NO. The van der Waals surface area contributed by atoms with Gasteiger partial charge in [-0.2, -0.15) is 0 Å². The van der Waals surface area contributed by atoms with Crippen molar-refractivity contribution in [2.75, 3.05) is 6.61 Å². The van der Waals surface area contributed by atoms with Crippen LogP contribution in [0.15, 0.2) is 42.5 Å². The number of aromatic nitrogens is 1. The molecule has 2 aromatic carbocycles. The topological polar surface area (TPSA) is 14.2 Å². The Hall–Kier alpha value is -1.80. The molecule has 2 nitrogen and oxygen atoms in total. The minimum atomic E-state index is 0.714. The van der Waals surface area contributed by atoms with E-state index in [1.54, 1.807) is 0 Å². The second-order valence-electron chi connectivity index (χ2n) is 5.87. The number of fused-ring (bicyclic) bond motifs is 3. The van der Waals surface area contributed by atoms with Crippen LogP contribution in [-0.4, -0.2) is 11.2 Å². The molecule has 0 aliphatic rings.